The number of carbonyl (C=O) groups is 1. The van der Waals surface area contributed by atoms with Gasteiger partial charge in [0, 0.05) is 17.1 Å². The van der Waals surface area contributed by atoms with Gasteiger partial charge in [-0.25, -0.2) is 4.39 Å². The molecule has 0 unspecified atom stereocenters. The van der Waals surface area contributed by atoms with Crippen molar-refractivity contribution in [2.24, 2.45) is 0 Å². The monoisotopic (exact) mass is 271 g/mol. The Morgan fingerprint density at radius 3 is 2.78 bits per heavy atom. The minimum atomic E-state index is -0.769. The molecule has 1 fully saturated rings. The molecule has 0 saturated heterocycles. The first-order chi connectivity index (χ1) is 8.50. The number of hydrogen-bond acceptors (Lipinski definition) is 2. The first kappa shape index (κ1) is 13.3. The smallest absolute Gasteiger partial charge is 0.224 e. The Hall–Kier alpha value is -1.13. The second-order valence-corrected chi connectivity index (χ2v) is 5.14. The molecule has 18 heavy (non-hydrogen) atoms. The molecule has 1 saturated carbocycles. The summed E-state index contributed by atoms with van der Waals surface area (Å²) in [5.41, 5.74) is -0.577. The zero-order valence-electron chi connectivity index (χ0n) is 9.88. The molecule has 0 radical (unpaired) electrons. The SMILES string of the molecule is O=C(Cc1c(F)cccc1Cl)NCC1(O)CCC1. The maximum atomic E-state index is 13.4. The molecule has 98 valence electrons. The fraction of sp³-hybridized carbons (Fsp3) is 0.462. The van der Waals surface area contributed by atoms with E-state index >= 15 is 0 Å². The van der Waals surface area contributed by atoms with Crippen LogP contribution in [0.15, 0.2) is 18.2 Å². The maximum absolute atomic E-state index is 13.4. The molecule has 5 heteroatoms. The molecule has 1 amide bonds. The van der Waals surface area contributed by atoms with E-state index in [0.717, 1.165) is 6.42 Å². The Labute approximate surface area is 110 Å². The number of amides is 1. The largest absolute Gasteiger partial charge is 0.388 e. The maximum Gasteiger partial charge on any atom is 0.224 e. The molecule has 2 N–H and O–H groups in total. The Bertz CT molecular complexity index is 440. The van der Waals surface area contributed by atoms with Crippen LogP contribution in [0.25, 0.3) is 0 Å². The van der Waals surface area contributed by atoms with E-state index in [9.17, 15) is 14.3 Å². The first-order valence-electron chi connectivity index (χ1n) is 5.92. The predicted octanol–water partition coefficient (Wildman–Crippen LogP) is 2.05. The van der Waals surface area contributed by atoms with Crippen LogP contribution >= 0.6 is 11.6 Å². The van der Waals surface area contributed by atoms with Crippen molar-refractivity contribution in [2.45, 2.75) is 31.3 Å². The molecule has 3 nitrogen and oxygen atoms in total. The van der Waals surface area contributed by atoms with Gasteiger partial charge in [-0.3, -0.25) is 4.79 Å². The third kappa shape index (κ3) is 3.00. The number of rotatable bonds is 4. The summed E-state index contributed by atoms with van der Waals surface area (Å²) in [6, 6.07) is 4.32. The summed E-state index contributed by atoms with van der Waals surface area (Å²) in [6.07, 6.45) is 2.27. The number of hydrogen-bond donors (Lipinski definition) is 2. The quantitative estimate of drug-likeness (QED) is 0.881. The van der Waals surface area contributed by atoms with E-state index in [2.05, 4.69) is 5.32 Å². The molecule has 0 atom stereocenters. The van der Waals surface area contributed by atoms with Crippen molar-refractivity contribution in [2.75, 3.05) is 6.54 Å². The molecule has 1 aliphatic carbocycles. The highest BCUT2D eigenvalue weighted by molar-refractivity contribution is 6.31. The van der Waals surface area contributed by atoms with Crippen LogP contribution < -0.4 is 5.32 Å². The lowest BCUT2D eigenvalue weighted by molar-refractivity contribution is -0.122. The molecule has 0 bridgehead atoms. The normalized spacial score (nSPS) is 17.1. The summed E-state index contributed by atoms with van der Waals surface area (Å²) in [4.78, 5) is 11.7. The second kappa shape index (κ2) is 5.24. The van der Waals surface area contributed by atoms with Crippen molar-refractivity contribution in [3.8, 4) is 0 Å². The number of halogens is 2. The molecule has 0 aliphatic heterocycles. The van der Waals surface area contributed by atoms with Crippen molar-refractivity contribution >= 4 is 17.5 Å². The topological polar surface area (TPSA) is 49.3 Å². The average Bonchev–Trinajstić information content (AvgIpc) is 2.29. The highest BCUT2D eigenvalue weighted by Gasteiger charge is 2.34. The second-order valence-electron chi connectivity index (χ2n) is 4.73. The lowest BCUT2D eigenvalue weighted by Gasteiger charge is -2.36. The molecule has 1 aromatic rings. The van der Waals surface area contributed by atoms with Crippen molar-refractivity contribution < 1.29 is 14.3 Å². The van der Waals surface area contributed by atoms with E-state index in [4.69, 9.17) is 11.6 Å². The molecule has 0 spiro atoms. The third-order valence-corrected chi connectivity index (χ3v) is 3.65. The summed E-state index contributed by atoms with van der Waals surface area (Å²) in [5.74, 6) is -0.817. The van der Waals surface area contributed by atoms with Crippen LogP contribution in [-0.2, 0) is 11.2 Å². The summed E-state index contributed by atoms with van der Waals surface area (Å²) >= 11 is 5.83. The Balaban J connectivity index is 1.91. The van der Waals surface area contributed by atoms with Gasteiger partial charge in [0.1, 0.15) is 5.82 Å². The average molecular weight is 272 g/mol. The third-order valence-electron chi connectivity index (χ3n) is 3.30. The zero-order valence-corrected chi connectivity index (χ0v) is 10.6. The van der Waals surface area contributed by atoms with Crippen LogP contribution in [0.5, 0.6) is 0 Å². The summed E-state index contributed by atoms with van der Waals surface area (Å²) in [5, 5.41) is 12.7. The molecular formula is C13H15ClFNO2. The lowest BCUT2D eigenvalue weighted by Crippen LogP contribution is -2.48. The van der Waals surface area contributed by atoms with Gasteiger partial charge in [-0.15, -0.1) is 0 Å². The highest BCUT2D eigenvalue weighted by Crippen LogP contribution is 2.30. The first-order valence-corrected chi connectivity index (χ1v) is 6.30. The molecule has 1 aromatic carbocycles. The van der Waals surface area contributed by atoms with Crippen molar-refractivity contribution in [3.63, 3.8) is 0 Å². The van der Waals surface area contributed by atoms with E-state index in [0.29, 0.717) is 12.8 Å². The molecule has 0 heterocycles. The molecule has 1 aliphatic rings. The number of nitrogens with one attached hydrogen (secondary N) is 1. The van der Waals surface area contributed by atoms with E-state index in [1.165, 1.54) is 12.1 Å². The number of aliphatic hydroxyl groups is 1. The van der Waals surface area contributed by atoms with Crippen molar-refractivity contribution in [3.05, 3.63) is 34.6 Å². The minimum absolute atomic E-state index is 0.110. The minimum Gasteiger partial charge on any atom is -0.388 e. The van der Waals surface area contributed by atoms with Crippen molar-refractivity contribution in [1.82, 2.24) is 5.32 Å². The number of carbonyl (C=O) groups excluding carboxylic acids is 1. The van der Waals surface area contributed by atoms with E-state index in [-0.39, 0.29) is 29.5 Å². The van der Waals surface area contributed by atoms with Crippen LogP contribution in [0.2, 0.25) is 5.02 Å². The fourth-order valence-electron chi connectivity index (χ4n) is 1.95. The van der Waals surface area contributed by atoms with Crippen LogP contribution in [0.1, 0.15) is 24.8 Å². The standard InChI is InChI=1S/C13H15ClFNO2/c14-10-3-1-4-11(15)9(10)7-12(17)16-8-13(18)5-2-6-13/h1,3-4,18H,2,5-8H2,(H,16,17). The van der Waals surface area contributed by atoms with E-state index < -0.39 is 11.4 Å². The lowest BCUT2D eigenvalue weighted by atomic mass is 9.80. The van der Waals surface area contributed by atoms with Gasteiger partial charge in [0.05, 0.1) is 12.0 Å². The van der Waals surface area contributed by atoms with Gasteiger partial charge in [-0.05, 0) is 31.4 Å². The van der Waals surface area contributed by atoms with Crippen molar-refractivity contribution in [1.29, 1.82) is 0 Å². The molecular weight excluding hydrogens is 257 g/mol. The highest BCUT2D eigenvalue weighted by atomic mass is 35.5. The Morgan fingerprint density at radius 1 is 1.50 bits per heavy atom. The summed E-state index contributed by atoms with van der Waals surface area (Å²) < 4.78 is 13.4. The summed E-state index contributed by atoms with van der Waals surface area (Å²) in [6.45, 7) is 0.220. The van der Waals surface area contributed by atoms with Gasteiger partial charge < -0.3 is 10.4 Å². The van der Waals surface area contributed by atoms with Gasteiger partial charge in [0.15, 0.2) is 0 Å². The van der Waals surface area contributed by atoms with Crippen LogP contribution in [0.4, 0.5) is 4.39 Å². The predicted molar refractivity (Wildman–Crippen MR) is 66.9 cm³/mol. The van der Waals surface area contributed by atoms with Gasteiger partial charge in [-0.2, -0.15) is 0 Å². The molecule has 0 aromatic heterocycles. The fourth-order valence-corrected chi connectivity index (χ4v) is 2.18. The Kier molecular flexibility index (Phi) is 3.88. The van der Waals surface area contributed by atoms with Gasteiger partial charge in [0.2, 0.25) is 5.91 Å². The zero-order chi connectivity index (χ0) is 13.2. The van der Waals surface area contributed by atoms with Gasteiger partial charge in [0.25, 0.3) is 0 Å². The van der Waals surface area contributed by atoms with Gasteiger partial charge in [-0.1, -0.05) is 17.7 Å². The Morgan fingerprint density at radius 2 is 2.22 bits per heavy atom. The summed E-state index contributed by atoms with van der Waals surface area (Å²) in [7, 11) is 0. The molecule has 2 rings (SSSR count). The number of benzene rings is 1. The van der Waals surface area contributed by atoms with Crippen LogP contribution in [0.3, 0.4) is 0 Å². The van der Waals surface area contributed by atoms with E-state index in [1.54, 1.807) is 6.07 Å². The van der Waals surface area contributed by atoms with Crippen LogP contribution in [0, 0.1) is 5.82 Å². The van der Waals surface area contributed by atoms with E-state index in [1.807, 2.05) is 0 Å². The van der Waals surface area contributed by atoms with Gasteiger partial charge >= 0.3 is 0 Å². The van der Waals surface area contributed by atoms with Crippen LogP contribution in [-0.4, -0.2) is 23.2 Å².